The van der Waals surface area contributed by atoms with Gasteiger partial charge in [0.05, 0.1) is 0 Å². The Kier molecular flexibility index (Phi) is 5.79. The van der Waals surface area contributed by atoms with Crippen molar-refractivity contribution in [1.82, 2.24) is 0 Å². The van der Waals surface area contributed by atoms with Crippen molar-refractivity contribution >= 4 is 31.5 Å². The molecular weight excluding hydrogens is 502 g/mol. The lowest BCUT2D eigenvalue weighted by Gasteiger charge is -2.06. The monoisotopic (exact) mass is 524 g/mol. The van der Waals surface area contributed by atoms with Gasteiger partial charge in [0.1, 0.15) is 11.6 Å². The summed E-state index contributed by atoms with van der Waals surface area (Å²) in [7, 11) is 0. The molecule has 0 amide bonds. The molecule has 3 heteroatoms. The Morgan fingerprint density at radius 1 is 0.308 bits per heavy atom. The Bertz CT molecular complexity index is 1930. The molecule has 0 saturated carbocycles. The summed E-state index contributed by atoms with van der Waals surface area (Å²) in [5.41, 5.74) is 8.80. The van der Waals surface area contributed by atoms with Crippen molar-refractivity contribution < 1.29 is 8.78 Å². The average molecular weight is 525 g/mol. The van der Waals surface area contributed by atoms with Crippen LogP contribution >= 0.6 is 11.3 Å². The Morgan fingerprint density at radius 2 is 0.667 bits per heavy atom. The third-order valence-corrected chi connectivity index (χ3v) is 8.40. The van der Waals surface area contributed by atoms with Crippen molar-refractivity contribution in [1.29, 1.82) is 0 Å². The van der Waals surface area contributed by atoms with Crippen molar-refractivity contribution in [3.63, 3.8) is 0 Å². The molecule has 6 aromatic carbocycles. The van der Waals surface area contributed by atoms with E-state index < -0.39 is 0 Å². The van der Waals surface area contributed by atoms with Crippen molar-refractivity contribution in [3.8, 4) is 44.5 Å². The van der Waals surface area contributed by atoms with Gasteiger partial charge in [0.15, 0.2) is 0 Å². The maximum atomic E-state index is 13.3. The molecule has 0 aliphatic rings. The zero-order valence-corrected chi connectivity index (χ0v) is 21.7. The van der Waals surface area contributed by atoms with Crippen molar-refractivity contribution in [2.75, 3.05) is 0 Å². The molecule has 1 heterocycles. The number of fused-ring (bicyclic) bond motifs is 3. The summed E-state index contributed by atoms with van der Waals surface area (Å²) in [6, 6.07) is 43.4. The second-order valence-corrected chi connectivity index (χ2v) is 10.8. The largest absolute Gasteiger partial charge is 0.207 e. The molecule has 7 rings (SSSR count). The third kappa shape index (κ3) is 4.52. The van der Waals surface area contributed by atoms with Crippen molar-refractivity contribution in [3.05, 3.63) is 145 Å². The molecule has 0 atom stereocenters. The fourth-order valence-electron chi connectivity index (χ4n) is 5.13. The van der Waals surface area contributed by atoms with Crippen LogP contribution in [0, 0.1) is 11.6 Å². The van der Waals surface area contributed by atoms with Crippen LogP contribution < -0.4 is 0 Å². The Labute approximate surface area is 229 Å². The summed E-state index contributed by atoms with van der Waals surface area (Å²) >= 11 is 1.81. The van der Waals surface area contributed by atoms with E-state index in [0.29, 0.717) is 0 Å². The molecule has 0 saturated heterocycles. The average Bonchev–Trinajstić information content (AvgIpc) is 3.35. The zero-order chi connectivity index (χ0) is 26.3. The highest BCUT2D eigenvalue weighted by Gasteiger charge is 2.10. The van der Waals surface area contributed by atoms with Crippen LogP contribution in [0.4, 0.5) is 8.78 Å². The molecule has 186 valence electrons. The van der Waals surface area contributed by atoms with Gasteiger partial charge in [-0.05, 0) is 87.0 Å². The lowest BCUT2D eigenvalue weighted by molar-refractivity contribution is 0.627. The predicted octanol–water partition coefficient (Wildman–Crippen LogP) is 11.0. The number of rotatable bonds is 4. The van der Waals surface area contributed by atoms with E-state index in [1.165, 1.54) is 55.6 Å². The smallest absolute Gasteiger partial charge is 0.123 e. The number of hydrogen-bond donors (Lipinski definition) is 0. The first-order valence-corrected chi connectivity index (χ1v) is 13.6. The molecule has 0 unspecified atom stereocenters. The number of benzene rings is 6. The van der Waals surface area contributed by atoms with Gasteiger partial charge < -0.3 is 0 Å². The molecule has 0 bridgehead atoms. The van der Waals surface area contributed by atoms with Gasteiger partial charge in [-0.15, -0.1) is 11.3 Å². The van der Waals surface area contributed by atoms with E-state index in [2.05, 4.69) is 84.9 Å². The first-order valence-electron chi connectivity index (χ1n) is 12.8. The third-order valence-electron chi connectivity index (χ3n) is 7.26. The second-order valence-electron chi connectivity index (χ2n) is 9.69. The quantitative estimate of drug-likeness (QED) is 0.215. The van der Waals surface area contributed by atoms with E-state index in [9.17, 15) is 8.78 Å². The van der Waals surface area contributed by atoms with Gasteiger partial charge >= 0.3 is 0 Å². The minimum absolute atomic E-state index is 0.223. The Morgan fingerprint density at radius 3 is 1.15 bits per heavy atom. The summed E-state index contributed by atoms with van der Waals surface area (Å²) in [4.78, 5) is 0. The van der Waals surface area contributed by atoms with Crippen LogP contribution in [0.15, 0.2) is 133 Å². The SMILES string of the molecule is Fc1ccc(-c2ccc(-c3ccc4c(c3)sc3ccc(-c5ccc(-c6ccc(F)cc6)cc5)cc34)cc2)cc1. The van der Waals surface area contributed by atoms with E-state index in [1.54, 1.807) is 0 Å². The molecule has 0 spiro atoms. The van der Waals surface area contributed by atoms with E-state index in [1.807, 2.05) is 35.6 Å². The molecule has 0 aliphatic heterocycles. The standard InChI is InChI=1S/C36H22F2S/c37-31-15-9-25(10-16-31)23-1-5-27(6-2-23)29-14-20-35-34(21-29)33-19-13-30(22-36(33)39-35)28-7-3-24(4-8-28)26-11-17-32(38)18-12-26/h1-22H. The summed E-state index contributed by atoms with van der Waals surface area (Å²) in [6.07, 6.45) is 0. The van der Waals surface area contributed by atoms with Crippen LogP contribution in [0.2, 0.25) is 0 Å². The van der Waals surface area contributed by atoms with E-state index >= 15 is 0 Å². The highest BCUT2D eigenvalue weighted by molar-refractivity contribution is 7.25. The first kappa shape index (κ1) is 23.5. The lowest BCUT2D eigenvalue weighted by atomic mass is 9.98. The van der Waals surface area contributed by atoms with Gasteiger partial charge in [-0.2, -0.15) is 0 Å². The molecule has 0 N–H and O–H groups in total. The molecule has 0 aliphatic carbocycles. The maximum Gasteiger partial charge on any atom is 0.123 e. The molecule has 0 radical (unpaired) electrons. The summed E-state index contributed by atoms with van der Waals surface area (Å²) in [5, 5.41) is 2.51. The van der Waals surface area contributed by atoms with Gasteiger partial charge in [0.25, 0.3) is 0 Å². The van der Waals surface area contributed by atoms with Crippen molar-refractivity contribution in [2.24, 2.45) is 0 Å². The summed E-state index contributed by atoms with van der Waals surface area (Å²) in [5.74, 6) is -0.447. The molecule has 1 aromatic heterocycles. The van der Waals surface area contributed by atoms with Crippen LogP contribution in [0.25, 0.3) is 64.7 Å². The minimum Gasteiger partial charge on any atom is -0.207 e. The fourth-order valence-corrected chi connectivity index (χ4v) is 6.26. The highest BCUT2D eigenvalue weighted by atomic mass is 32.1. The van der Waals surface area contributed by atoms with E-state index in [4.69, 9.17) is 0 Å². The molecule has 0 nitrogen and oxygen atoms in total. The summed E-state index contributed by atoms with van der Waals surface area (Å²) < 4.78 is 29.1. The van der Waals surface area contributed by atoms with Crippen LogP contribution in [0.1, 0.15) is 0 Å². The molecule has 39 heavy (non-hydrogen) atoms. The van der Waals surface area contributed by atoms with Gasteiger partial charge in [-0.25, -0.2) is 8.78 Å². The van der Waals surface area contributed by atoms with Crippen LogP contribution in [0.3, 0.4) is 0 Å². The maximum absolute atomic E-state index is 13.3. The van der Waals surface area contributed by atoms with Gasteiger partial charge in [-0.1, -0.05) is 91.0 Å². The molecular formula is C36H22F2S. The normalized spacial score (nSPS) is 11.3. The van der Waals surface area contributed by atoms with Gasteiger partial charge in [0, 0.05) is 20.2 Å². The highest BCUT2D eigenvalue weighted by Crippen LogP contribution is 2.39. The topological polar surface area (TPSA) is 0 Å². The number of halogens is 2. The number of hydrogen-bond acceptors (Lipinski definition) is 1. The van der Waals surface area contributed by atoms with Crippen LogP contribution in [-0.2, 0) is 0 Å². The Balaban J connectivity index is 1.19. The predicted molar refractivity (Wildman–Crippen MR) is 161 cm³/mol. The summed E-state index contributed by atoms with van der Waals surface area (Å²) in [6.45, 7) is 0. The molecule has 7 aromatic rings. The lowest BCUT2D eigenvalue weighted by Crippen LogP contribution is -1.82. The first-order chi connectivity index (χ1) is 19.1. The second kappa shape index (κ2) is 9.61. The zero-order valence-electron chi connectivity index (χ0n) is 20.9. The van der Waals surface area contributed by atoms with Gasteiger partial charge in [0.2, 0.25) is 0 Å². The van der Waals surface area contributed by atoms with Gasteiger partial charge in [-0.3, -0.25) is 0 Å². The Hall–Kier alpha value is -4.60. The number of thiophene rings is 1. The minimum atomic E-state index is -0.224. The van der Waals surface area contributed by atoms with Crippen LogP contribution in [0.5, 0.6) is 0 Å². The van der Waals surface area contributed by atoms with Crippen LogP contribution in [-0.4, -0.2) is 0 Å². The fraction of sp³-hybridized carbons (Fsp3) is 0. The van der Waals surface area contributed by atoms with E-state index in [-0.39, 0.29) is 11.6 Å². The van der Waals surface area contributed by atoms with E-state index in [0.717, 1.165) is 33.4 Å². The molecule has 0 fully saturated rings. The van der Waals surface area contributed by atoms with Crippen molar-refractivity contribution in [2.45, 2.75) is 0 Å².